The zero-order valence-corrected chi connectivity index (χ0v) is 16.2. The maximum Gasteiger partial charge on any atom is 0.313 e. The van der Waals surface area contributed by atoms with Crippen molar-refractivity contribution in [1.82, 2.24) is 9.88 Å². The van der Waals surface area contributed by atoms with E-state index in [0.717, 1.165) is 37.2 Å². The van der Waals surface area contributed by atoms with E-state index in [-0.39, 0.29) is 5.97 Å². The highest BCUT2D eigenvalue weighted by Gasteiger charge is 2.43. The number of esters is 1. The summed E-state index contributed by atoms with van der Waals surface area (Å²) >= 11 is 0. The Morgan fingerprint density at radius 1 is 1.22 bits per heavy atom. The minimum absolute atomic E-state index is 0.0905. The van der Waals surface area contributed by atoms with Crippen molar-refractivity contribution in [2.24, 2.45) is 5.41 Å². The van der Waals surface area contributed by atoms with E-state index in [1.165, 1.54) is 5.56 Å². The summed E-state index contributed by atoms with van der Waals surface area (Å²) in [4.78, 5) is 19.4. The Hall–Kier alpha value is -2.40. The van der Waals surface area contributed by atoms with Crippen LogP contribution in [0.3, 0.4) is 0 Å². The van der Waals surface area contributed by atoms with E-state index in [4.69, 9.17) is 9.47 Å². The quantitative estimate of drug-likeness (QED) is 0.701. The second kappa shape index (κ2) is 9.00. The Balaban J connectivity index is 1.82. The number of hydrogen-bond acceptors (Lipinski definition) is 5. The zero-order chi connectivity index (χ0) is 19.1. The van der Waals surface area contributed by atoms with Crippen LogP contribution in [0.25, 0.3) is 0 Å². The molecular weight excluding hydrogens is 340 g/mol. The number of rotatable bonds is 7. The number of likely N-dealkylation sites (tertiary alicyclic amines) is 1. The van der Waals surface area contributed by atoms with E-state index in [0.29, 0.717) is 19.6 Å². The van der Waals surface area contributed by atoms with Gasteiger partial charge in [0.25, 0.3) is 0 Å². The van der Waals surface area contributed by atoms with Crippen molar-refractivity contribution in [2.45, 2.75) is 32.7 Å². The van der Waals surface area contributed by atoms with Crippen molar-refractivity contribution in [3.05, 3.63) is 59.9 Å². The molecule has 1 aliphatic rings. The van der Waals surface area contributed by atoms with Gasteiger partial charge < -0.3 is 9.47 Å². The lowest BCUT2D eigenvalue weighted by Crippen LogP contribution is -2.49. The summed E-state index contributed by atoms with van der Waals surface area (Å²) < 4.78 is 10.9. The molecule has 0 saturated carbocycles. The number of nitrogens with zero attached hydrogens (tertiary/aromatic N) is 2. The van der Waals surface area contributed by atoms with Gasteiger partial charge in [-0.25, -0.2) is 0 Å². The van der Waals surface area contributed by atoms with Gasteiger partial charge in [0.1, 0.15) is 5.75 Å². The van der Waals surface area contributed by atoms with Crippen LogP contribution < -0.4 is 4.74 Å². The van der Waals surface area contributed by atoms with Crippen LogP contribution in [0.2, 0.25) is 0 Å². The van der Waals surface area contributed by atoms with Crippen molar-refractivity contribution in [2.75, 3.05) is 26.8 Å². The summed E-state index contributed by atoms with van der Waals surface area (Å²) in [5.41, 5.74) is 1.80. The lowest BCUT2D eigenvalue weighted by atomic mass is 9.75. The lowest BCUT2D eigenvalue weighted by molar-refractivity contribution is -0.159. The first-order valence-corrected chi connectivity index (χ1v) is 9.56. The Morgan fingerprint density at radius 2 is 2.04 bits per heavy atom. The Labute approximate surface area is 161 Å². The summed E-state index contributed by atoms with van der Waals surface area (Å²) in [6.07, 6.45) is 6.11. The number of piperidine rings is 1. The van der Waals surface area contributed by atoms with Gasteiger partial charge in [0.15, 0.2) is 0 Å². The fourth-order valence-corrected chi connectivity index (χ4v) is 3.95. The molecule has 1 saturated heterocycles. The summed E-state index contributed by atoms with van der Waals surface area (Å²) in [7, 11) is 1.66. The molecule has 144 valence electrons. The fourth-order valence-electron chi connectivity index (χ4n) is 3.95. The molecule has 1 aromatic heterocycles. The minimum atomic E-state index is -0.520. The fraction of sp³-hybridized carbons (Fsp3) is 0.455. The second-order valence-electron chi connectivity index (χ2n) is 7.20. The molecule has 2 aromatic rings. The second-order valence-corrected chi connectivity index (χ2v) is 7.20. The maximum absolute atomic E-state index is 13.0. The van der Waals surface area contributed by atoms with Crippen molar-refractivity contribution >= 4 is 5.97 Å². The van der Waals surface area contributed by atoms with Crippen molar-refractivity contribution in [3.8, 4) is 5.75 Å². The predicted octanol–water partition coefficient (Wildman–Crippen LogP) is 3.48. The summed E-state index contributed by atoms with van der Waals surface area (Å²) in [6, 6.07) is 12.0. The predicted molar refractivity (Wildman–Crippen MR) is 105 cm³/mol. The summed E-state index contributed by atoms with van der Waals surface area (Å²) in [6.45, 7) is 4.78. The molecule has 27 heavy (non-hydrogen) atoms. The molecule has 5 heteroatoms. The van der Waals surface area contributed by atoms with Gasteiger partial charge in [0, 0.05) is 25.5 Å². The van der Waals surface area contributed by atoms with Crippen molar-refractivity contribution < 1.29 is 14.3 Å². The Bertz CT molecular complexity index is 750. The van der Waals surface area contributed by atoms with Gasteiger partial charge in [0.2, 0.25) is 0 Å². The lowest BCUT2D eigenvalue weighted by Gasteiger charge is -2.41. The van der Waals surface area contributed by atoms with Gasteiger partial charge in [-0.1, -0.05) is 12.1 Å². The molecule has 3 rings (SSSR count). The smallest absolute Gasteiger partial charge is 0.313 e. The van der Waals surface area contributed by atoms with Crippen LogP contribution in [0.5, 0.6) is 5.75 Å². The van der Waals surface area contributed by atoms with Crippen LogP contribution >= 0.6 is 0 Å². The highest BCUT2D eigenvalue weighted by atomic mass is 16.5. The van der Waals surface area contributed by atoms with Crippen LogP contribution in [0.15, 0.2) is 48.8 Å². The van der Waals surface area contributed by atoms with Crippen molar-refractivity contribution in [3.63, 3.8) is 0 Å². The average molecular weight is 368 g/mol. The van der Waals surface area contributed by atoms with Crippen LogP contribution in [0, 0.1) is 5.41 Å². The van der Waals surface area contributed by atoms with Crippen LogP contribution in [0.1, 0.15) is 30.9 Å². The van der Waals surface area contributed by atoms with Crippen LogP contribution in [0.4, 0.5) is 0 Å². The minimum Gasteiger partial charge on any atom is -0.497 e. The standard InChI is InChI=1S/C22H28N2O3/c1-3-27-21(25)22(15-19-6-4-7-20(14-19)26-2)10-5-13-24(17-22)16-18-8-11-23-12-9-18/h4,6-9,11-12,14H,3,5,10,13,15-17H2,1-2H3/t22-/m0/s1. The molecule has 0 aliphatic carbocycles. The van der Waals surface area contributed by atoms with E-state index >= 15 is 0 Å². The third kappa shape index (κ3) is 4.86. The maximum atomic E-state index is 13.0. The number of benzene rings is 1. The van der Waals surface area contributed by atoms with Gasteiger partial charge in [-0.3, -0.25) is 14.7 Å². The third-order valence-electron chi connectivity index (χ3n) is 5.20. The summed E-state index contributed by atoms with van der Waals surface area (Å²) in [5.74, 6) is 0.725. The SMILES string of the molecule is CCOC(=O)[C@]1(Cc2cccc(OC)c2)CCCN(Cc2ccncc2)C1. The monoisotopic (exact) mass is 368 g/mol. The molecule has 1 aliphatic heterocycles. The molecule has 1 atom stereocenters. The number of ether oxygens (including phenoxy) is 2. The molecule has 0 bridgehead atoms. The number of aromatic nitrogens is 1. The van der Waals surface area contributed by atoms with E-state index < -0.39 is 5.41 Å². The summed E-state index contributed by atoms with van der Waals surface area (Å²) in [5, 5.41) is 0. The molecule has 0 unspecified atom stereocenters. The van der Waals surface area contributed by atoms with E-state index in [1.54, 1.807) is 7.11 Å². The largest absolute Gasteiger partial charge is 0.497 e. The number of carbonyl (C=O) groups excluding carboxylic acids is 1. The number of hydrogen-bond donors (Lipinski definition) is 0. The van der Waals surface area contributed by atoms with Crippen LogP contribution in [-0.2, 0) is 22.5 Å². The first-order valence-electron chi connectivity index (χ1n) is 9.56. The zero-order valence-electron chi connectivity index (χ0n) is 16.2. The van der Waals surface area contributed by atoms with Crippen molar-refractivity contribution in [1.29, 1.82) is 0 Å². The Morgan fingerprint density at radius 3 is 2.78 bits per heavy atom. The molecule has 0 N–H and O–H groups in total. The number of pyridine rings is 1. The van der Waals surface area contributed by atoms with Gasteiger partial charge in [-0.15, -0.1) is 0 Å². The molecule has 0 radical (unpaired) electrons. The molecule has 0 amide bonds. The number of methoxy groups -OCH3 is 1. The molecule has 1 fully saturated rings. The van der Waals surface area contributed by atoms with Gasteiger partial charge in [0.05, 0.1) is 19.1 Å². The number of carbonyl (C=O) groups is 1. The first kappa shape index (κ1) is 19.4. The highest BCUT2D eigenvalue weighted by molar-refractivity contribution is 5.78. The molecule has 1 aromatic carbocycles. The molecule has 2 heterocycles. The highest BCUT2D eigenvalue weighted by Crippen LogP contribution is 2.36. The molecule has 5 nitrogen and oxygen atoms in total. The average Bonchev–Trinajstić information content (AvgIpc) is 2.69. The third-order valence-corrected chi connectivity index (χ3v) is 5.20. The van der Waals surface area contributed by atoms with E-state index in [9.17, 15) is 4.79 Å². The van der Waals surface area contributed by atoms with E-state index in [2.05, 4.69) is 16.0 Å². The topological polar surface area (TPSA) is 51.7 Å². The first-order chi connectivity index (χ1) is 13.1. The van der Waals surface area contributed by atoms with Crippen LogP contribution in [-0.4, -0.2) is 42.7 Å². The van der Waals surface area contributed by atoms with E-state index in [1.807, 2.05) is 49.6 Å². The molecular formula is C22H28N2O3. The van der Waals surface area contributed by atoms with Gasteiger partial charge in [-0.2, -0.15) is 0 Å². The van der Waals surface area contributed by atoms with Gasteiger partial charge in [-0.05, 0) is 68.1 Å². The normalized spacial score (nSPS) is 20.2. The molecule has 0 spiro atoms. The Kier molecular flexibility index (Phi) is 6.45. The van der Waals surface area contributed by atoms with Gasteiger partial charge >= 0.3 is 5.97 Å².